The molecular weight excluding hydrogens is 288 g/mol. The number of rotatable bonds is 4. The van der Waals surface area contributed by atoms with E-state index in [0.29, 0.717) is 26.1 Å². The summed E-state index contributed by atoms with van der Waals surface area (Å²) < 4.78 is 5.27. The van der Waals surface area contributed by atoms with Gasteiger partial charge in [-0.1, -0.05) is 12.8 Å². The molecule has 2 fully saturated rings. The normalized spacial score (nSPS) is 23.8. The lowest BCUT2D eigenvalue weighted by molar-refractivity contribution is -0.150. The van der Waals surface area contributed by atoms with Gasteiger partial charge < -0.3 is 19.6 Å². The Labute approximate surface area is 130 Å². The van der Waals surface area contributed by atoms with E-state index in [-0.39, 0.29) is 31.4 Å². The quantitative estimate of drug-likeness (QED) is 0.816. The van der Waals surface area contributed by atoms with Crippen molar-refractivity contribution in [1.82, 2.24) is 9.80 Å². The number of morpholine rings is 1. The molecule has 0 radical (unpaired) electrons. The van der Waals surface area contributed by atoms with Gasteiger partial charge in [-0.25, -0.2) is 0 Å². The molecular formula is C15H24N2O5. The van der Waals surface area contributed by atoms with Crippen molar-refractivity contribution in [3.63, 3.8) is 0 Å². The highest BCUT2D eigenvalue weighted by molar-refractivity contribution is 5.85. The predicted octanol–water partition coefficient (Wildman–Crippen LogP) is 0.481. The van der Waals surface area contributed by atoms with E-state index in [1.165, 1.54) is 0 Å². The van der Waals surface area contributed by atoms with Gasteiger partial charge in [-0.3, -0.25) is 14.4 Å². The largest absolute Gasteiger partial charge is 0.481 e. The van der Waals surface area contributed by atoms with Gasteiger partial charge in [-0.15, -0.1) is 0 Å². The van der Waals surface area contributed by atoms with E-state index >= 15 is 0 Å². The number of ether oxygens (including phenoxy) is 1. The second-order valence-corrected chi connectivity index (χ2v) is 5.89. The first-order valence-corrected chi connectivity index (χ1v) is 7.94. The van der Waals surface area contributed by atoms with E-state index in [0.717, 1.165) is 25.7 Å². The fourth-order valence-electron chi connectivity index (χ4n) is 2.99. The molecule has 2 amide bonds. The third-order valence-electron chi connectivity index (χ3n) is 4.21. The third-order valence-corrected chi connectivity index (χ3v) is 4.21. The van der Waals surface area contributed by atoms with E-state index in [4.69, 9.17) is 9.84 Å². The summed E-state index contributed by atoms with van der Waals surface area (Å²) in [6.45, 7) is 1.70. The molecule has 2 rings (SSSR count). The van der Waals surface area contributed by atoms with Crippen molar-refractivity contribution in [3.05, 3.63) is 0 Å². The SMILES string of the molecule is O=C(O)C[C@H]1COCCN1C(=O)CN1CCCCCCC1=O. The lowest BCUT2D eigenvalue weighted by Gasteiger charge is -2.36. The summed E-state index contributed by atoms with van der Waals surface area (Å²) in [6, 6.07) is -0.441. The lowest BCUT2D eigenvalue weighted by Crippen LogP contribution is -2.53. The van der Waals surface area contributed by atoms with Gasteiger partial charge in [-0.2, -0.15) is 0 Å². The zero-order chi connectivity index (χ0) is 15.9. The molecule has 0 aromatic heterocycles. The van der Waals surface area contributed by atoms with Gasteiger partial charge in [-0.05, 0) is 12.8 Å². The van der Waals surface area contributed by atoms with Gasteiger partial charge in [0.1, 0.15) is 0 Å². The maximum atomic E-state index is 12.5. The molecule has 2 saturated heterocycles. The number of carboxylic acid groups (broad SMARTS) is 1. The van der Waals surface area contributed by atoms with Crippen molar-refractivity contribution in [2.45, 2.75) is 44.6 Å². The maximum absolute atomic E-state index is 12.5. The highest BCUT2D eigenvalue weighted by Crippen LogP contribution is 2.15. The van der Waals surface area contributed by atoms with Crippen LogP contribution >= 0.6 is 0 Å². The van der Waals surface area contributed by atoms with Crippen molar-refractivity contribution in [2.75, 3.05) is 32.8 Å². The van der Waals surface area contributed by atoms with Crippen LogP contribution in [0.2, 0.25) is 0 Å². The summed E-state index contributed by atoms with van der Waals surface area (Å²) in [6.07, 6.45) is 4.31. The van der Waals surface area contributed by atoms with Crippen LogP contribution in [0.3, 0.4) is 0 Å². The molecule has 0 bridgehead atoms. The number of carbonyl (C=O) groups excluding carboxylic acids is 2. The first-order chi connectivity index (χ1) is 10.6. The zero-order valence-corrected chi connectivity index (χ0v) is 12.8. The smallest absolute Gasteiger partial charge is 0.305 e. The van der Waals surface area contributed by atoms with Crippen molar-refractivity contribution in [1.29, 1.82) is 0 Å². The molecule has 1 N–H and O–H groups in total. The minimum absolute atomic E-state index is 0.0242. The van der Waals surface area contributed by atoms with Crippen LogP contribution in [-0.2, 0) is 19.1 Å². The Kier molecular flexibility index (Phi) is 6.18. The van der Waals surface area contributed by atoms with Crippen LogP contribution in [0, 0.1) is 0 Å². The standard InChI is InChI=1S/C15H24N2O5/c18-13-5-3-1-2-4-6-16(13)10-14(19)17-7-8-22-11-12(17)9-15(20)21/h12H,1-11H2,(H,20,21)/t12-/m0/s1. The molecule has 0 aromatic rings. The molecule has 7 nitrogen and oxygen atoms in total. The van der Waals surface area contributed by atoms with Gasteiger partial charge in [0, 0.05) is 19.5 Å². The minimum atomic E-state index is -0.948. The first kappa shape index (κ1) is 16.7. The van der Waals surface area contributed by atoms with Crippen LogP contribution < -0.4 is 0 Å². The first-order valence-electron chi connectivity index (χ1n) is 7.94. The van der Waals surface area contributed by atoms with E-state index in [1.807, 2.05) is 0 Å². The van der Waals surface area contributed by atoms with Crippen molar-refractivity contribution in [2.24, 2.45) is 0 Å². The number of carbonyl (C=O) groups is 3. The highest BCUT2D eigenvalue weighted by Gasteiger charge is 2.30. The average Bonchev–Trinajstić information content (AvgIpc) is 2.47. The number of nitrogens with zero attached hydrogens (tertiary/aromatic N) is 2. The van der Waals surface area contributed by atoms with Gasteiger partial charge in [0.2, 0.25) is 11.8 Å². The number of amides is 2. The highest BCUT2D eigenvalue weighted by atomic mass is 16.5. The Hall–Kier alpha value is -1.63. The summed E-state index contributed by atoms with van der Waals surface area (Å²) in [7, 11) is 0. The molecule has 2 aliphatic rings. The van der Waals surface area contributed by atoms with Crippen LogP contribution in [0.25, 0.3) is 0 Å². The number of hydrogen-bond donors (Lipinski definition) is 1. The second kappa shape index (κ2) is 8.12. The van der Waals surface area contributed by atoms with Gasteiger partial charge in [0.05, 0.1) is 32.2 Å². The van der Waals surface area contributed by atoms with Crippen molar-refractivity contribution < 1.29 is 24.2 Å². The van der Waals surface area contributed by atoms with Crippen molar-refractivity contribution >= 4 is 17.8 Å². The zero-order valence-electron chi connectivity index (χ0n) is 12.8. The maximum Gasteiger partial charge on any atom is 0.305 e. The monoisotopic (exact) mass is 312 g/mol. The topological polar surface area (TPSA) is 87.2 Å². The van der Waals surface area contributed by atoms with Crippen LogP contribution in [0.1, 0.15) is 38.5 Å². The molecule has 2 heterocycles. The number of aliphatic carboxylic acids is 1. The summed E-state index contributed by atoms with van der Waals surface area (Å²) in [4.78, 5) is 38.6. The molecule has 1 atom stereocenters. The Morgan fingerprint density at radius 3 is 2.73 bits per heavy atom. The van der Waals surface area contributed by atoms with Crippen LogP contribution in [0.4, 0.5) is 0 Å². The lowest BCUT2D eigenvalue weighted by atomic mass is 10.1. The van der Waals surface area contributed by atoms with Gasteiger partial charge >= 0.3 is 5.97 Å². The van der Waals surface area contributed by atoms with Gasteiger partial charge in [0.25, 0.3) is 0 Å². The van der Waals surface area contributed by atoms with Gasteiger partial charge in [0.15, 0.2) is 0 Å². The summed E-state index contributed by atoms with van der Waals surface area (Å²) in [5, 5.41) is 8.94. The van der Waals surface area contributed by atoms with E-state index in [2.05, 4.69) is 0 Å². The summed E-state index contributed by atoms with van der Waals surface area (Å²) >= 11 is 0. The summed E-state index contributed by atoms with van der Waals surface area (Å²) in [5.41, 5.74) is 0. The van der Waals surface area contributed by atoms with Crippen LogP contribution in [0.15, 0.2) is 0 Å². The Morgan fingerprint density at radius 2 is 1.95 bits per heavy atom. The number of likely N-dealkylation sites (tertiary alicyclic amines) is 1. The number of carboxylic acids is 1. The minimum Gasteiger partial charge on any atom is -0.481 e. The van der Waals surface area contributed by atoms with Crippen LogP contribution in [-0.4, -0.2) is 71.6 Å². The Bertz CT molecular complexity index is 426. The molecule has 0 spiro atoms. The van der Waals surface area contributed by atoms with E-state index < -0.39 is 12.0 Å². The molecule has 0 unspecified atom stereocenters. The molecule has 7 heteroatoms. The Morgan fingerprint density at radius 1 is 1.18 bits per heavy atom. The van der Waals surface area contributed by atoms with Crippen molar-refractivity contribution in [3.8, 4) is 0 Å². The van der Waals surface area contributed by atoms with Crippen LogP contribution in [0.5, 0.6) is 0 Å². The molecule has 124 valence electrons. The molecule has 2 aliphatic heterocycles. The molecule has 0 saturated carbocycles. The second-order valence-electron chi connectivity index (χ2n) is 5.89. The van der Waals surface area contributed by atoms with E-state index in [9.17, 15) is 14.4 Å². The summed E-state index contributed by atoms with van der Waals surface area (Å²) in [5.74, 6) is -1.10. The average molecular weight is 312 g/mol. The predicted molar refractivity (Wildman–Crippen MR) is 78.2 cm³/mol. The molecule has 0 aromatic carbocycles. The Balaban J connectivity index is 1.95. The third kappa shape index (κ3) is 4.69. The molecule has 22 heavy (non-hydrogen) atoms. The fraction of sp³-hybridized carbons (Fsp3) is 0.800. The van der Waals surface area contributed by atoms with E-state index in [1.54, 1.807) is 9.80 Å². The number of hydrogen-bond acceptors (Lipinski definition) is 4. The molecule has 0 aliphatic carbocycles. The fourth-order valence-corrected chi connectivity index (χ4v) is 2.99.